The van der Waals surface area contributed by atoms with Crippen LogP contribution in [0.15, 0.2) is 24.3 Å². The highest BCUT2D eigenvalue weighted by atomic mass is 32.2. The van der Waals surface area contributed by atoms with Crippen molar-refractivity contribution in [3.63, 3.8) is 0 Å². The molecule has 1 saturated heterocycles. The number of non-ortho nitro benzene ring substituents is 1. The molecule has 10 heteroatoms. The van der Waals surface area contributed by atoms with Gasteiger partial charge in [-0.1, -0.05) is 0 Å². The Morgan fingerprint density at radius 3 is 2.46 bits per heavy atom. The molecule has 1 aromatic rings. The third-order valence-corrected chi connectivity index (χ3v) is 7.20. The molecule has 0 spiro atoms. The van der Waals surface area contributed by atoms with E-state index in [-0.39, 0.29) is 30.4 Å². The van der Waals surface area contributed by atoms with Crippen molar-refractivity contribution < 1.29 is 35.2 Å². The second kappa shape index (κ2) is 9.60. The Labute approximate surface area is 153 Å². The fourth-order valence-electron chi connectivity index (χ4n) is 2.82. The maximum atomic E-state index is 10.6. The molecular formula is C16H24NO8S+. The van der Waals surface area contributed by atoms with Crippen molar-refractivity contribution in [3.8, 4) is 0 Å². The molecule has 0 aliphatic carbocycles. The number of nitrogens with zero attached hydrogens (tertiary/aromatic N) is 1. The van der Waals surface area contributed by atoms with Gasteiger partial charge >= 0.3 is 0 Å². The van der Waals surface area contributed by atoms with Crippen molar-refractivity contribution in [1.82, 2.24) is 0 Å². The lowest BCUT2D eigenvalue weighted by molar-refractivity contribution is -0.384. The third kappa shape index (κ3) is 5.13. The van der Waals surface area contributed by atoms with E-state index in [0.29, 0.717) is 5.56 Å². The molecule has 0 aromatic heterocycles. The molecule has 1 fully saturated rings. The summed E-state index contributed by atoms with van der Waals surface area (Å²) >= 11 is 0. The van der Waals surface area contributed by atoms with E-state index < -0.39 is 52.1 Å². The van der Waals surface area contributed by atoms with Gasteiger partial charge in [-0.2, -0.15) is 0 Å². The van der Waals surface area contributed by atoms with Crippen LogP contribution in [0.3, 0.4) is 0 Å². The number of rotatable bonds is 9. The van der Waals surface area contributed by atoms with Gasteiger partial charge in [0.15, 0.2) is 5.25 Å². The van der Waals surface area contributed by atoms with Gasteiger partial charge in [0.1, 0.15) is 35.9 Å². The Morgan fingerprint density at radius 2 is 1.92 bits per heavy atom. The molecule has 0 bridgehead atoms. The smallest absolute Gasteiger partial charge is 0.269 e. The maximum Gasteiger partial charge on any atom is 0.269 e. The summed E-state index contributed by atoms with van der Waals surface area (Å²) in [5, 5.41) is 58.9. The van der Waals surface area contributed by atoms with Crippen LogP contribution in [0, 0.1) is 10.1 Å². The van der Waals surface area contributed by atoms with E-state index >= 15 is 0 Å². The molecule has 0 saturated carbocycles. The summed E-state index contributed by atoms with van der Waals surface area (Å²) in [4.78, 5) is 10.1. The van der Waals surface area contributed by atoms with Gasteiger partial charge in [0.2, 0.25) is 0 Å². The average Bonchev–Trinajstić information content (AvgIpc) is 2.89. The summed E-state index contributed by atoms with van der Waals surface area (Å²) < 4.78 is 5.52. The van der Waals surface area contributed by atoms with Crippen LogP contribution in [-0.2, 0) is 22.2 Å². The fourth-order valence-corrected chi connectivity index (χ4v) is 5.53. The van der Waals surface area contributed by atoms with Crippen LogP contribution in [0.1, 0.15) is 5.56 Å². The monoisotopic (exact) mass is 390 g/mol. The van der Waals surface area contributed by atoms with Crippen LogP contribution in [0.25, 0.3) is 0 Å². The van der Waals surface area contributed by atoms with Gasteiger partial charge in [0.05, 0.1) is 24.7 Å². The zero-order valence-corrected chi connectivity index (χ0v) is 14.9. The molecule has 1 aliphatic rings. The van der Waals surface area contributed by atoms with Crippen LogP contribution in [0.5, 0.6) is 0 Å². The van der Waals surface area contributed by atoms with E-state index in [4.69, 9.17) is 4.74 Å². The number of ether oxygens (including phenoxy) is 1. The largest absolute Gasteiger partial charge is 0.394 e. The van der Waals surface area contributed by atoms with E-state index in [0.717, 1.165) is 0 Å². The number of nitro groups is 1. The van der Waals surface area contributed by atoms with Crippen LogP contribution in [-0.4, -0.2) is 84.8 Å². The first-order valence-electron chi connectivity index (χ1n) is 8.14. The van der Waals surface area contributed by atoms with Crippen LogP contribution in [0.4, 0.5) is 5.69 Å². The minimum Gasteiger partial charge on any atom is -0.394 e. The number of hydrogen-bond acceptors (Lipinski definition) is 8. The predicted molar refractivity (Wildman–Crippen MR) is 94.8 cm³/mol. The van der Waals surface area contributed by atoms with E-state index in [2.05, 4.69) is 0 Å². The summed E-state index contributed by atoms with van der Waals surface area (Å²) in [5.41, 5.74) is 0.616. The average molecular weight is 390 g/mol. The molecule has 0 amide bonds. The highest BCUT2D eigenvalue weighted by Gasteiger charge is 2.50. The van der Waals surface area contributed by atoms with Crippen molar-refractivity contribution in [1.29, 1.82) is 0 Å². The molecule has 9 nitrogen and oxygen atoms in total. The van der Waals surface area contributed by atoms with Crippen molar-refractivity contribution in [2.45, 2.75) is 36.3 Å². The second-order valence-corrected chi connectivity index (χ2v) is 8.52. The molecule has 146 valence electrons. The topological polar surface area (TPSA) is 154 Å². The van der Waals surface area contributed by atoms with Gasteiger partial charge in [-0.15, -0.1) is 0 Å². The Balaban J connectivity index is 1.90. The van der Waals surface area contributed by atoms with Gasteiger partial charge < -0.3 is 30.3 Å². The van der Waals surface area contributed by atoms with E-state index in [9.17, 15) is 35.6 Å². The summed E-state index contributed by atoms with van der Waals surface area (Å²) in [7, 11) is -0.600. The fraction of sp³-hybridized carbons (Fsp3) is 0.625. The standard InChI is InChI=1S/C16H24NO8S/c18-5-14(25-7-10-1-3-11(4-2-10)17(23)24)12(20)8-26-9-13(21)16(22)15(26)6-19/h1-4,12-16,18-22H,5-9H2/q+1/t12-,13-,14+,15-,16+,26?/m1/s1. The molecule has 1 aromatic carbocycles. The highest BCUT2D eigenvalue weighted by Crippen LogP contribution is 2.25. The summed E-state index contributed by atoms with van der Waals surface area (Å²) in [6.07, 6.45) is -3.87. The van der Waals surface area contributed by atoms with Crippen LogP contribution < -0.4 is 0 Å². The minimum absolute atomic E-state index is 0.0397. The number of benzene rings is 1. The number of hydrogen-bond donors (Lipinski definition) is 5. The zero-order valence-electron chi connectivity index (χ0n) is 14.0. The number of aliphatic hydroxyl groups is 5. The number of nitro benzene ring substituents is 1. The zero-order chi connectivity index (χ0) is 19.3. The Hall–Kier alpha value is -1.27. The van der Waals surface area contributed by atoms with Crippen molar-refractivity contribution in [2.75, 3.05) is 24.7 Å². The van der Waals surface area contributed by atoms with Crippen LogP contribution in [0.2, 0.25) is 0 Å². The lowest BCUT2D eigenvalue weighted by Gasteiger charge is -2.22. The van der Waals surface area contributed by atoms with Gasteiger partial charge in [0.25, 0.3) is 5.69 Å². The summed E-state index contributed by atoms with van der Waals surface area (Å²) in [5.74, 6) is 0.467. The Bertz CT molecular complexity index is 586. The molecule has 2 rings (SSSR count). The van der Waals surface area contributed by atoms with Crippen LogP contribution >= 0.6 is 0 Å². The maximum absolute atomic E-state index is 10.6. The normalized spacial score (nSPS) is 28.0. The van der Waals surface area contributed by atoms with Gasteiger partial charge in [0, 0.05) is 23.0 Å². The molecule has 1 unspecified atom stereocenters. The van der Waals surface area contributed by atoms with E-state index in [1.54, 1.807) is 0 Å². The molecule has 0 radical (unpaired) electrons. The molecule has 6 atom stereocenters. The van der Waals surface area contributed by atoms with E-state index in [1.165, 1.54) is 24.3 Å². The Morgan fingerprint density at radius 1 is 1.27 bits per heavy atom. The molecule has 1 aliphatic heterocycles. The first-order chi connectivity index (χ1) is 12.4. The lowest BCUT2D eigenvalue weighted by atomic mass is 10.2. The Kier molecular flexibility index (Phi) is 7.77. The number of aliphatic hydroxyl groups excluding tert-OH is 5. The molecule has 26 heavy (non-hydrogen) atoms. The van der Waals surface area contributed by atoms with Crippen molar-refractivity contribution in [2.24, 2.45) is 0 Å². The molecular weight excluding hydrogens is 366 g/mol. The quantitative estimate of drug-likeness (QED) is 0.195. The van der Waals surface area contributed by atoms with Crippen molar-refractivity contribution in [3.05, 3.63) is 39.9 Å². The van der Waals surface area contributed by atoms with Gasteiger partial charge in [-0.3, -0.25) is 10.1 Å². The highest BCUT2D eigenvalue weighted by molar-refractivity contribution is 7.97. The minimum atomic E-state index is -1.03. The first kappa shape index (κ1) is 21.0. The van der Waals surface area contributed by atoms with Gasteiger partial charge in [-0.25, -0.2) is 0 Å². The summed E-state index contributed by atoms with van der Waals surface area (Å²) in [6.45, 7) is -0.662. The molecule has 5 N–H and O–H groups in total. The second-order valence-electron chi connectivity index (χ2n) is 6.17. The molecule has 1 heterocycles. The predicted octanol–water partition coefficient (Wildman–Crippen LogP) is -1.45. The first-order valence-corrected chi connectivity index (χ1v) is 9.77. The van der Waals surface area contributed by atoms with Gasteiger partial charge in [-0.05, 0) is 17.7 Å². The lowest BCUT2D eigenvalue weighted by Crippen LogP contribution is -2.42. The van der Waals surface area contributed by atoms with E-state index in [1.807, 2.05) is 0 Å². The summed E-state index contributed by atoms with van der Waals surface area (Å²) in [6, 6.07) is 5.76. The van der Waals surface area contributed by atoms with Crippen molar-refractivity contribution >= 4 is 16.6 Å². The third-order valence-electron chi connectivity index (χ3n) is 4.37. The SMILES string of the molecule is O=[N+]([O-])c1ccc(CO[C@@H](CO)[C@H](O)C[S+]2C[C@@H](O)[C@H](O)[C@H]2CO)cc1.